The highest BCUT2D eigenvalue weighted by Crippen LogP contribution is 2.35. The van der Waals surface area contributed by atoms with Crippen molar-refractivity contribution in [3.05, 3.63) is 23.5 Å². The minimum atomic E-state index is -0.230. The molecule has 1 aliphatic heterocycles. The average Bonchev–Trinajstić information content (AvgIpc) is 3.06. The van der Waals surface area contributed by atoms with Crippen molar-refractivity contribution in [2.45, 2.75) is 57.6 Å². The second-order valence-electron chi connectivity index (χ2n) is 6.68. The second kappa shape index (κ2) is 5.84. The molecule has 2 heterocycles. The average molecular weight is 290 g/mol. The van der Waals surface area contributed by atoms with Crippen molar-refractivity contribution in [3.63, 3.8) is 0 Å². The molecule has 1 aromatic rings. The molecule has 2 aliphatic rings. The quantitative estimate of drug-likeness (QED) is 0.909. The molecule has 4 nitrogen and oxygen atoms in total. The van der Waals surface area contributed by atoms with Gasteiger partial charge < -0.3 is 14.6 Å². The van der Waals surface area contributed by atoms with Gasteiger partial charge in [-0.25, -0.2) is 0 Å². The molecule has 0 unspecified atom stereocenters. The first kappa shape index (κ1) is 14.6. The lowest BCUT2D eigenvalue weighted by atomic mass is 9.80. The SMILES string of the molecule is Cc1ccn(C)c1C(=O)N1CCC[C@@H]1[C@@H]1CCCC[C@@H]1O. The van der Waals surface area contributed by atoms with Crippen LogP contribution in [0.25, 0.3) is 0 Å². The fraction of sp³-hybridized carbons (Fsp3) is 0.706. The highest BCUT2D eigenvalue weighted by Gasteiger charge is 2.39. The highest BCUT2D eigenvalue weighted by molar-refractivity contribution is 5.94. The van der Waals surface area contributed by atoms with Crippen LogP contribution in [0.4, 0.5) is 0 Å². The molecule has 0 aromatic carbocycles. The van der Waals surface area contributed by atoms with E-state index in [9.17, 15) is 9.90 Å². The molecule has 1 aromatic heterocycles. The smallest absolute Gasteiger partial charge is 0.271 e. The first-order valence-corrected chi connectivity index (χ1v) is 8.20. The summed E-state index contributed by atoms with van der Waals surface area (Å²) < 4.78 is 1.92. The molecule has 0 radical (unpaired) electrons. The fourth-order valence-electron chi connectivity index (χ4n) is 4.19. The van der Waals surface area contributed by atoms with E-state index in [0.717, 1.165) is 49.9 Å². The number of carbonyl (C=O) groups is 1. The zero-order chi connectivity index (χ0) is 15.0. The molecule has 116 valence electrons. The van der Waals surface area contributed by atoms with E-state index in [4.69, 9.17) is 0 Å². The number of aromatic nitrogens is 1. The highest BCUT2D eigenvalue weighted by atomic mass is 16.3. The van der Waals surface area contributed by atoms with Crippen molar-refractivity contribution in [1.29, 1.82) is 0 Å². The minimum absolute atomic E-state index is 0.139. The van der Waals surface area contributed by atoms with Crippen molar-refractivity contribution < 1.29 is 9.90 Å². The molecule has 0 bridgehead atoms. The summed E-state index contributed by atoms with van der Waals surface area (Å²) in [4.78, 5) is 15.0. The third kappa shape index (κ3) is 2.61. The van der Waals surface area contributed by atoms with Gasteiger partial charge in [-0.1, -0.05) is 12.8 Å². The topological polar surface area (TPSA) is 45.5 Å². The summed E-state index contributed by atoms with van der Waals surface area (Å²) in [6, 6.07) is 2.22. The molecule has 21 heavy (non-hydrogen) atoms. The predicted octanol–water partition coefficient (Wildman–Crippen LogP) is 2.49. The van der Waals surface area contributed by atoms with Crippen LogP contribution >= 0.6 is 0 Å². The van der Waals surface area contributed by atoms with Crippen molar-refractivity contribution in [2.75, 3.05) is 6.54 Å². The van der Waals surface area contributed by atoms with Crippen LogP contribution in [-0.4, -0.2) is 39.2 Å². The van der Waals surface area contributed by atoms with Crippen molar-refractivity contribution in [2.24, 2.45) is 13.0 Å². The Morgan fingerprint density at radius 1 is 1.24 bits per heavy atom. The van der Waals surface area contributed by atoms with E-state index in [2.05, 4.69) is 0 Å². The van der Waals surface area contributed by atoms with E-state index in [1.54, 1.807) is 0 Å². The number of likely N-dealkylation sites (tertiary alicyclic amines) is 1. The molecule has 4 heteroatoms. The number of nitrogens with zero attached hydrogens (tertiary/aromatic N) is 2. The first-order chi connectivity index (χ1) is 10.1. The van der Waals surface area contributed by atoms with Gasteiger partial charge >= 0.3 is 0 Å². The number of aliphatic hydroxyl groups is 1. The van der Waals surface area contributed by atoms with Gasteiger partial charge in [-0.3, -0.25) is 4.79 Å². The first-order valence-electron chi connectivity index (χ1n) is 8.20. The zero-order valence-electron chi connectivity index (χ0n) is 13.1. The number of hydrogen-bond acceptors (Lipinski definition) is 2. The summed E-state index contributed by atoms with van der Waals surface area (Å²) in [5.41, 5.74) is 1.84. The number of aryl methyl sites for hydroxylation is 2. The number of carbonyl (C=O) groups excluding carboxylic acids is 1. The van der Waals surface area contributed by atoms with Gasteiger partial charge in [-0.05, 0) is 44.2 Å². The van der Waals surface area contributed by atoms with Crippen LogP contribution in [0.3, 0.4) is 0 Å². The summed E-state index contributed by atoms with van der Waals surface area (Å²) in [5, 5.41) is 10.3. The van der Waals surface area contributed by atoms with Crippen molar-refractivity contribution in [1.82, 2.24) is 9.47 Å². The van der Waals surface area contributed by atoms with Crippen LogP contribution in [0.15, 0.2) is 12.3 Å². The normalized spacial score (nSPS) is 29.9. The summed E-state index contributed by atoms with van der Waals surface area (Å²) in [5.74, 6) is 0.408. The largest absolute Gasteiger partial charge is 0.393 e. The Kier molecular flexibility index (Phi) is 4.07. The van der Waals surface area contributed by atoms with Gasteiger partial charge in [0.05, 0.1) is 6.10 Å². The van der Waals surface area contributed by atoms with Gasteiger partial charge in [0.25, 0.3) is 5.91 Å². The molecule has 3 rings (SSSR count). The third-order valence-corrected chi connectivity index (χ3v) is 5.31. The van der Waals surface area contributed by atoms with Crippen LogP contribution in [0.2, 0.25) is 0 Å². The standard InChI is InChI=1S/C17H26N2O2/c1-12-9-11-18(2)16(12)17(21)19-10-5-7-14(19)13-6-3-4-8-15(13)20/h9,11,13-15,20H,3-8,10H2,1-2H3/t13-,14+,15-/m0/s1. The van der Waals surface area contributed by atoms with Crippen molar-refractivity contribution >= 4 is 5.91 Å². The van der Waals surface area contributed by atoms with Gasteiger partial charge in [-0.2, -0.15) is 0 Å². The Bertz CT molecular complexity index is 503. The van der Waals surface area contributed by atoms with E-state index in [1.165, 1.54) is 6.42 Å². The van der Waals surface area contributed by atoms with Gasteiger partial charge in [0.1, 0.15) is 5.69 Å². The molecule has 3 atom stereocenters. The number of rotatable bonds is 2. The van der Waals surface area contributed by atoms with E-state index in [1.807, 2.05) is 35.7 Å². The lowest BCUT2D eigenvalue weighted by Gasteiger charge is -2.37. The van der Waals surface area contributed by atoms with Crippen LogP contribution in [0.1, 0.15) is 54.6 Å². The monoisotopic (exact) mass is 290 g/mol. The molecular formula is C17H26N2O2. The van der Waals surface area contributed by atoms with Crippen LogP contribution in [-0.2, 0) is 7.05 Å². The maximum Gasteiger partial charge on any atom is 0.271 e. The Morgan fingerprint density at radius 2 is 2.00 bits per heavy atom. The number of aliphatic hydroxyl groups excluding tert-OH is 1. The van der Waals surface area contributed by atoms with E-state index in [0.29, 0.717) is 0 Å². The molecule has 1 saturated heterocycles. The summed E-state index contributed by atoms with van der Waals surface area (Å²) >= 11 is 0. The van der Waals surface area contributed by atoms with Gasteiger partial charge in [0.2, 0.25) is 0 Å². The Labute approximate surface area is 126 Å². The van der Waals surface area contributed by atoms with Crippen LogP contribution < -0.4 is 0 Å². The van der Waals surface area contributed by atoms with Crippen LogP contribution in [0.5, 0.6) is 0 Å². The van der Waals surface area contributed by atoms with Gasteiger partial charge in [0.15, 0.2) is 0 Å². The summed E-state index contributed by atoms with van der Waals surface area (Å²) in [6.07, 6.45) is 8.07. The zero-order valence-corrected chi connectivity index (χ0v) is 13.1. The van der Waals surface area contributed by atoms with Gasteiger partial charge in [-0.15, -0.1) is 0 Å². The number of amides is 1. The molecule has 0 spiro atoms. The Hall–Kier alpha value is -1.29. The Balaban J connectivity index is 1.82. The fourth-order valence-corrected chi connectivity index (χ4v) is 4.19. The van der Waals surface area contributed by atoms with Gasteiger partial charge in [0, 0.05) is 31.7 Å². The van der Waals surface area contributed by atoms with E-state index < -0.39 is 0 Å². The second-order valence-corrected chi connectivity index (χ2v) is 6.68. The Morgan fingerprint density at radius 3 is 2.67 bits per heavy atom. The van der Waals surface area contributed by atoms with Crippen molar-refractivity contribution in [3.8, 4) is 0 Å². The molecule has 2 fully saturated rings. The summed E-state index contributed by atoms with van der Waals surface area (Å²) in [7, 11) is 1.93. The molecule has 1 amide bonds. The maximum absolute atomic E-state index is 12.9. The van der Waals surface area contributed by atoms with Crippen LogP contribution in [0, 0.1) is 12.8 Å². The molecular weight excluding hydrogens is 264 g/mol. The van der Waals surface area contributed by atoms with E-state index >= 15 is 0 Å². The lowest BCUT2D eigenvalue weighted by Crippen LogP contribution is -2.45. The third-order valence-electron chi connectivity index (χ3n) is 5.31. The lowest BCUT2D eigenvalue weighted by molar-refractivity contribution is 0.0208. The molecule has 1 saturated carbocycles. The summed E-state index contributed by atoms with van der Waals surface area (Å²) in [6.45, 7) is 2.82. The number of hydrogen-bond donors (Lipinski definition) is 1. The predicted molar refractivity (Wildman–Crippen MR) is 82.2 cm³/mol. The molecule has 1 aliphatic carbocycles. The van der Waals surface area contributed by atoms with E-state index in [-0.39, 0.29) is 24.0 Å². The molecule has 1 N–H and O–H groups in total. The minimum Gasteiger partial charge on any atom is -0.393 e. The maximum atomic E-state index is 12.9.